The summed E-state index contributed by atoms with van der Waals surface area (Å²) < 4.78 is 10.7. The van der Waals surface area contributed by atoms with E-state index in [0.717, 1.165) is 24.4 Å². The smallest absolute Gasteiger partial charge is 0.138 e. The third-order valence-corrected chi connectivity index (χ3v) is 2.22. The quantitative estimate of drug-likeness (QED) is 0.764. The van der Waals surface area contributed by atoms with Crippen molar-refractivity contribution in [2.75, 3.05) is 20.8 Å². The second-order valence-corrected chi connectivity index (χ2v) is 3.73. The first kappa shape index (κ1) is 12.9. The SMILES string of the molecule is CNCc1ccc(OC(C)CCOC)cn1. The molecule has 1 aromatic rings. The van der Waals surface area contributed by atoms with Crippen molar-refractivity contribution in [2.45, 2.75) is 26.0 Å². The average molecular weight is 224 g/mol. The summed E-state index contributed by atoms with van der Waals surface area (Å²) in [6.07, 6.45) is 2.79. The average Bonchev–Trinajstić information content (AvgIpc) is 2.29. The van der Waals surface area contributed by atoms with Gasteiger partial charge in [0, 0.05) is 26.7 Å². The second-order valence-electron chi connectivity index (χ2n) is 3.73. The van der Waals surface area contributed by atoms with Gasteiger partial charge in [0.05, 0.1) is 18.0 Å². The van der Waals surface area contributed by atoms with Gasteiger partial charge in [-0.3, -0.25) is 4.98 Å². The van der Waals surface area contributed by atoms with Crippen LogP contribution in [0.1, 0.15) is 19.0 Å². The maximum Gasteiger partial charge on any atom is 0.138 e. The van der Waals surface area contributed by atoms with E-state index in [1.807, 2.05) is 26.1 Å². The molecule has 1 N–H and O–H groups in total. The van der Waals surface area contributed by atoms with Gasteiger partial charge in [-0.25, -0.2) is 0 Å². The summed E-state index contributed by atoms with van der Waals surface area (Å²) in [5.41, 5.74) is 1.01. The van der Waals surface area contributed by atoms with Crippen LogP contribution in [0, 0.1) is 0 Å². The van der Waals surface area contributed by atoms with Crippen LogP contribution >= 0.6 is 0 Å². The molecule has 1 rings (SSSR count). The molecule has 0 saturated heterocycles. The third-order valence-electron chi connectivity index (χ3n) is 2.22. The highest BCUT2D eigenvalue weighted by Crippen LogP contribution is 2.12. The Morgan fingerprint density at radius 3 is 2.81 bits per heavy atom. The fourth-order valence-electron chi connectivity index (χ4n) is 1.34. The summed E-state index contributed by atoms with van der Waals surface area (Å²) in [6, 6.07) is 3.91. The van der Waals surface area contributed by atoms with Crippen LogP contribution in [0.25, 0.3) is 0 Å². The van der Waals surface area contributed by atoms with Gasteiger partial charge in [0.2, 0.25) is 0 Å². The van der Waals surface area contributed by atoms with Gasteiger partial charge in [0.1, 0.15) is 5.75 Å². The highest BCUT2D eigenvalue weighted by molar-refractivity contribution is 5.20. The predicted molar refractivity (Wildman–Crippen MR) is 63.6 cm³/mol. The van der Waals surface area contributed by atoms with Crippen LogP contribution < -0.4 is 10.1 Å². The van der Waals surface area contributed by atoms with Gasteiger partial charge >= 0.3 is 0 Å². The molecule has 1 heterocycles. The zero-order valence-corrected chi connectivity index (χ0v) is 10.2. The lowest BCUT2D eigenvalue weighted by molar-refractivity contribution is 0.135. The van der Waals surface area contributed by atoms with Crippen LogP contribution in [-0.4, -0.2) is 31.9 Å². The molecule has 4 nitrogen and oxygen atoms in total. The molecule has 0 aliphatic rings. The van der Waals surface area contributed by atoms with E-state index < -0.39 is 0 Å². The van der Waals surface area contributed by atoms with Crippen LogP contribution in [0.5, 0.6) is 5.75 Å². The second kappa shape index (κ2) is 7.19. The van der Waals surface area contributed by atoms with Gasteiger partial charge in [-0.15, -0.1) is 0 Å². The Kier molecular flexibility index (Phi) is 5.82. The molecule has 1 atom stereocenters. The summed E-state index contributed by atoms with van der Waals surface area (Å²) in [4.78, 5) is 4.28. The molecular weight excluding hydrogens is 204 g/mol. The van der Waals surface area contributed by atoms with Gasteiger partial charge in [0.15, 0.2) is 0 Å². The molecule has 90 valence electrons. The van der Waals surface area contributed by atoms with E-state index in [1.54, 1.807) is 13.3 Å². The lowest BCUT2D eigenvalue weighted by Gasteiger charge is -2.14. The Balaban J connectivity index is 2.41. The zero-order valence-electron chi connectivity index (χ0n) is 10.2. The number of methoxy groups -OCH3 is 1. The molecule has 0 radical (unpaired) electrons. The summed E-state index contributed by atoms with van der Waals surface area (Å²) in [7, 11) is 3.60. The van der Waals surface area contributed by atoms with E-state index >= 15 is 0 Å². The predicted octanol–water partition coefficient (Wildman–Crippen LogP) is 1.60. The standard InChI is InChI=1S/C12H20N2O2/c1-10(6-7-15-3)16-12-5-4-11(8-13-2)14-9-12/h4-5,9-10,13H,6-8H2,1-3H3. The maximum absolute atomic E-state index is 5.69. The van der Waals surface area contributed by atoms with Gasteiger partial charge in [-0.05, 0) is 26.1 Å². The molecular formula is C12H20N2O2. The van der Waals surface area contributed by atoms with Crippen LogP contribution in [0.15, 0.2) is 18.3 Å². The molecule has 0 saturated carbocycles. The number of rotatable bonds is 7. The number of ether oxygens (including phenoxy) is 2. The molecule has 0 aliphatic heterocycles. The number of aromatic nitrogens is 1. The zero-order chi connectivity index (χ0) is 11.8. The largest absolute Gasteiger partial charge is 0.489 e. The summed E-state index contributed by atoms with van der Waals surface area (Å²) >= 11 is 0. The summed E-state index contributed by atoms with van der Waals surface area (Å²) in [6.45, 7) is 3.52. The lowest BCUT2D eigenvalue weighted by atomic mass is 10.3. The van der Waals surface area contributed by atoms with Crippen LogP contribution in [0.2, 0.25) is 0 Å². The Morgan fingerprint density at radius 1 is 1.44 bits per heavy atom. The Morgan fingerprint density at radius 2 is 2.25 bits per heavy atom. The summed E-state index contributed by atoms with van der Waals surface area (Å²) in [5.74, 6) is 0.809. The number of nitrogens with zero attached hydrogens (tertiary/aromatic N) is 1. The molecule has 0 aromatic carbocycles. The van der Waals surface area contributed by atoms with Gasteiger partial charge in [0.25, 0.3) is 0 Å². The van der Waals surface area contributed by atoms with Crippen molar-refractivity contribution in [2.24, 2.45) is 0 Å². The van der Waals surface area contributed by atoms with E-state index in [1.165, 1.54) is 0 Å². The highest BCUT2D eigenvalue weighted by Gasteiger charge is 2.03. The Hall–Kier alpha value is -1.13. The van der Waals surface area contributed by atoms with Gasteiger partial charge in [-0.1, -0.05) is 0 Å². The van der Waals surface area contributed by atoms with Crippen molar-refractivity contribution in [1.82, 2.24) is 10.3 Å². The minimum absolute atomic E-state index is 0.150. The fraction of sp³-hybridized carbons (Fsp3) is 0.583. The summed E-state index contributed by atoms with van der Waals surface area (Å²) in [5, 5.41) is 3.05. The van der Waals surface area contributed by atoms with E-state index in [4.69, 9.17) is 9.47 Å². The Bertz CT molecular complexity index is 288. The van der Waals surface area contributed by atoms with Crippen LogP contribution in [-0.2, 0) is 11.3 Å². The third kappa shape index (κ3) is 4.59. The van der Waals surface area contributed by atoms with Gasteiger partial charge < -0.3 is 14.8 Å². The topological polar surface area (TPSA) is 43.4 Å². The number of hydrogen-bond donors (Lipinski definition) is 1. The van der Waals surface area contributed by atoms with Crippen molar-refractivity contribution in [3.63, 3.8) is 0 Å². The molecule has 0 aliphatic carbocycles. The maximum atomic E-state index is 5.69. The normalized spacial score (nSPS) is 12.4. The first-order valence-electron chi connectivity index (χ1n) is 5.51. The first-order chi connectivity index (χ1) is 7.76. The number of pyridine rings is 1. The molecule has 4 heteroatoms. The van der Waals surface area contributed by atoms with Crippen LogP contribution in [0.4, 0.5) is 0 Å². The van der Waals surface area contributed by atoms with E-state index in [0.29, 0.717) is 6.61 Å². The van der Waals surface area contributed by atoms with Crippen molar-refractivity contribution in [3.8, 4) is 5.75 Å². The minimum atomic E-state index is 0.150. The molecule has 0 spiro atoms. The van der Waals surface area contributed by atoms with Crippen molar-refractivity contribution < 1.29 is 9.47 Å². The lowest BCUT2D eigenvalue weighted by Crippen LogP contribution is -2.14. The van der Waals surface area contributed by atoms with Crippen molar-refractivity contribution in [3.05, 3.63) is 24.0 Å². The van der Waals surface area contributed by atoms with E-state index in [2.05, 4.69) is 10.3 Å². The molecule has 0 fully saturated rings. The van der Waals surface area contributed by atoms with E-state index in [-0.39, 0.29) is 6.10 Å². The molecule has 1 unspecified atom stereocenters. The molecule has 1 aromatic heterocycles. The van der Waals surface area contributed by atoms with Crippen molar-refractivity contribution in [1.29, 1.82) is 0 Å². The molecule has 0 bridgehead atoms. The monoisotopic (exact) mass is 224 g/mol. The first-order valence-corrected chi connectivity index (χ1v) is 5.51. The van der Waals surface area contributed by atoms with E-state index in [9.17, 15) is 0 Å². The minimum Gasteiger partial charge on any atom is -0.489 e. The number of nitrogens with one attached hydrogen (secondary N) is 1. The number of hydrogen-bond acceptors (Lipinski definition) is 4. The fourth-order valence-corrected chi connectivity index (χ4v) is 1.34. The Labute approximate surface area is 97.0 Å². The van der Waals surface area contributed by atoms with Crippen LogP contribution in [0.3, 0.4) is 0 Å². The molecule has 0 amide bonds. The highest BCUT2D eigenvalue weighted by atomic mass is 16.5. The molecule has 16 heavy (non-hydrogen) atoms. The van der Waals surface area contributed by atoms with Crippen molar-refractivity contribution >= 4 is 0 Å². The van der Waals surface area contributed by atoms with Gasteiger partial charge in [-0.2, -0.15) is 0 Å².